The van der Waals surface area contributed by atoms with E-state index in [0.29, 0.717) is 25.2 Å². The van der Waals surface area contributed by atoms with Crippen molar-refractivity contribution < 1.29 is 33.1 Å². The minimum atomic E-state index is -1.05. The molecule has 2 N–H and O–H groups in total. The lowest BCUT2D eigenvalue weighted by Gasteiger charge is -2.41. The summed E-state index contributed by atoms with van der Waals surface area (Å²) in [5.41, 5.74) is -2.66. The van der Waals surface area contributed by atoms with Crippen molar-refractivity contribution in [2.24, 2.45) is 5.16 Å². The van der Waals surface area contributed by atoms with Crippen LogP contribution in [0.5, 0.6) is 5.75 Å². The Hall–Kier alpha value is -3.96. The van der Waals surface area contributed by atoms with Gasteiger partial charge >= 0.3 is 0 Å². The number of nitrogens with one attached hydrogen (secondary N) is 1. The molecule has 3 aliphatic heterocycles. The van der Waals surface area contributed by atoms with Gasteiger partial charge in [-0.1, -0.05) is 5.16 Å². The molecule has 0 radical (unpaired) electrons. The van der Waals surface area contributed by atoms with Crippen molar-refractivity contribution in [2.75, 3.05) is 13.7 Å². The van der Waals surface area contributed by atoms with E-state index in [1.807, 2.05) is 6.92 Å². The number of aromatic nitrogens is 1. The fourth-order valence-corrected chi connectivity index (χ4v) is 5.29. The van der Waals surface area contributed by atoms with Crippen molar-refractivity contribution in [1.29, 1.82) is 0 Å². The van der Waals surface area contributed by atoms with Crippen LogP contribution in [0.4, 0.5) is 8.78 Å². The predicted molar refractivity (Wildman–Crippen MR) is 126 cm³/mol. The van der Waals surface area contributed by atoms with Crippen molar-refractivity contribution in [3.8, 4) is 5.75 Å². The number of hydrogen-bond acceptors (Lipinski definition) is 7. The fourth-order valence-electron chi connectivity index (χ4n) is 5.29. The largest absolute Gasteiger partial charge is 0.503 e. The quantitative estimate of drug-likeness (QED) is 0.646. The Morgan fingerprint density at radius 2 is 2.08 bits per heavy atom. The molecular weight excluding hydrogens is 490 g/mol. The van der Waals surface area contributed by atoms with Crippen LogP contribution in [-0.2, 0) is 16.1 Å². The predicted octanol–water partition coefficient (Wildman–Crippen LogP) is 2.37. The van der Waals surface area contributed by atoms with Crippen molar-refractivity contribution in [2.45, 2.75) is 57.3 Å². The van der Waals surface area contributed by atoms with Gasteiger partial charge in [0.25, 0.3) is 11.8 Å². The highest BCUT2D eigenvalue weighted by Crippen LogP contribution is 2.46. The van der Waals surface area contributed by atoms with Gasteiger partial charge in [0.05, 0.1) is 19.6 Å². The second-order valence-corrected chi connectivity index (χ2v) is 9.73. The molecule has 0 aliphatic carbocycles. The molecule has 2 amide bonds. The summed E-state index contributed by atoms with van der Waals surface area (Å²) in [6.45, 7) is 3.10. The molecule has 3 aliphatic rings. The van der Waals surface area contributed by atoms with Crippen molar-refractivity contribution >= 4 is 17.7 Å². The van der Waals surface area contributed by atoms with Crippen LogP contribution in [0, 0.1) is 18.6 Å². The summed E-state index contributed by atoms with van der Waals surface area (Å²) >= 11 is 0. The standard InChI is InChI=1S/C25H26F2N4O6/c1-12-6-17(27)14(7-16(12)26)9-28-23(34)15-10-31-18-11-30(24(35)20(31)22(33)21(15)32)13(2)4-5-25(18)8-19(36-3)29-37-25/h6-7,10,13,18,33H,4-5,8-9,11H2,1-3H3,(H,28,34)/t13-,18+,25-/m0/s1. The average Bonchev–Trinajstić information content (AvgIpc) is 3.25. The van der Waals surface area contributed by atoms with Gasteiger partial charge in [-0.2, -0.15) is 0 Å². The van der Waals surface area contributed by atoms with E-state index in [2.05, 4.69) is 10.5 Å². The normalized spacial score (nSPS) is 24.3. The van der Waals surface area contributed by atoms with Crippen LogP contribution in [-0.4, -0.2) is 57.6 Å². The summed E-state index contributed by atoms with van der Waals surface area (Å²) in [6.07, 6.45) is 2.60. The van der Waals surface area contributed by atoms with E-state index in [0.717, 1.165) is 12.1 Å². The molecule has 5 rings (SSSR count). The van der Waals surface area contributed by atoms with Crippen LogP contribution < -0.4 is 10.7 Å². The maximum absolute atomic E-state index is 14.2. The summed E-state index contributed by atoms with van der Waals surface area (Å²) in [4.78, 5) is 46.8. The van der Waals surface area contributed by atoms with Gasteiger partial charge in [0.15, 0.2) is 17.0 Å². The van der Waals surface area contributed by atoms with Crippen LogP contribution >= 0.6 is 0 Å². The Kier molecular flexibility index (Phi) is 5.92. The maximum atomic E-state index is 14.2. The zero-order chi connectivity index (χ0) is 26.6. The maximum Gasteiger partial charge on any atom is 0.274 e. The van der Waals surface area contributed by atoms with Crippen molar-refractivity contribution in [1.82, 2.24) is 14.8 Å². The molecule has 0 saturated carbocycles. The highest BCUT2D eigenvalue weighted by atomic mass is 19.1. The van der Waals surface area contributed by atoms with Crippen LogP contribution in [0.2, 0.25) is 0 Å². The number of fused-ring (bicyclic) bond motifs is 5. The molecule has 1 aromatic carbocycles. The number of hydrogen-bond donors (Lipinski definition) is 2. The number of carbonyl (C=O) groups is 2. The number of nitrogens with zero attached hydrogens (tertiary/aromatic N) is 3. The molecule has 2 aromatic rings. The lowest BCUT2D eigenvalue weighted by Crippen LogP contribution is -2.52. The Labute approximate surface area is 210 Å². The number of rotatable bonds is 3. The summed E-state index contributed by atoms with van der Waals surface area (Å²) in [6, 6.07) is 1.19. The number of ether oxygens (including phenoxy) is 1. The first-order chi connectivity index (χ1) is 17.6. The first-order valence-electron chi connectivity index (χ1n) is 11.9. The van der Waals surface area contributed by atoms with Gasteiger partial charge in [0.1, 0.15) is 17.2 Å². The molecule has 2 bridgehead atoms. The molecular formula is C25H26F2N4O6. The first kappa shape index (κ1) is 24.7. The molecule has 1 aromatic heterocycles. The number of aromatic hydroxyl groups is 1. The highest BCUT2D eigenvalue weighted by Gasteiger charge is 2.54. The van der Waals surface area contributed by atoms with E-state index in [4.69, 9.17) is 9.57 Å². The number of halogens is 2. The Morgan fingerprint density at radius 1 is 1.32 bits per heavy atom. The van der Waals surface area contributed by atoms with Crippen molar-refractivity contribution in [3.63, 3.8) is 0 Å². The van der Waals surface area contributed by atoms with Crippen LogP contribution in [0.1, 0.15) is 64.2 Å². The Morgan fingerprint density at radius 3 is 2.78 bits per heavy atom. The summed E-state index contributed by atoms with van der Waals surface area (Å²) in [5.74, 6) is -3.29. The van der Waals surface area contributed by atoms with Gasteiger partial charge in [-0.05, 0) is 44.4 Å². The zero-order valence-electron chi connectivity index (χ0n) is 20.5. The number of carbonyl (C=O) groups excluding carboxylic acids is 2. The Balaban J connectivity index is 1.54. The smallest absolute Gasteiger partial charge is 0.274 e. The summed E-state index contributed by atoms with van der Waals surface area (Å²) in [7, 11) is 1.47. The van der Waals surface area contributed by atoms with E-state index in [9.17, 15) is 28.3 Å². The van der Waals surface area contributed by atoms with Crippen LogP contribution in [0.25, 0.3) is 0 Å². The van der Waals surface area contributed by atoms with Gasteiger partial charge in [-0.3, -0.25) is 14.4 Å². The molecule has 0 unspecified atom stereocenters. The average molecular weight is 517 g/mol. The number of pyridine rings is 1. The zero-order valence-corrected chi connectivity index (χ0v) is 20.5. The van der Waals surface area contributed by atoms with E-state index in [-0.39, 0.29) is 29.4 Å². The van der Waals surface area contributed by atoms with E-state index >= 15 is 0 Å². The lowest BCUT2D eigenvalue weighted by atomic mass is 9.85. The molecule has 4 heterocycles. The van der Waals surface area contributed by atoms with Crippen molar-refractivity contribution in [3.05, 3.63) is 62.6 Å². The lowest BCUT2D eigenvalue weighted by molar-refractivity contribution is -0.0655. The van der Waals surface area contributed by atoms with Crippen LogP contribution in [0.15, 0.2) is 28.3 Å². The molecule has 1 fully saturated rings. The molecule has 10 nitrogen and oxygen atoms in total. The van der Waals surface area contributed by atoms with Gasteiger partial charge < -0.3 is 29.5 Å². The minimum absolute atomic E-state index is 0.107. The SMILES string of the molecule is COC1=NO[C@@]2(CC[C@H](C)N3C[C@H]2n2cc(C(=O)NCc4cc(F)c(C)cc4F)c(=O)c(O)c2C3=O)C1. The molecule has 1 spiro atoms. The topological polar surface area (TPSA) is 122 Å². The number of aryl methyl sites for hydroxylation is 1. The second-order valence-electron chi connectivity index (χ2n) is 9.73. The van der Waals surface area contributed by atoms with Crippen LogP contribution in [0.3, 0.4) is 0 Å². The molecule has 196 valence electrons. The molecule has 3 atom stereocenters. The van der Waals surface area contributed by atoms with Gasteiger partial charge in [-0.15, -0.1) is 0 Å². The Bertz CT molecular complexity index is 1410. The highest BCUT2D eigenvalue weighted by molar-refractivity contribution is 5.99. The van der Waals surface area contributed by atoms with E-state index in [1.165, 1.54) is 24.8 Å². The number of methoxy groups -OCH3 is 1. The third kappa shape index (κ3) is 3.91. The summed E-state index contributed by atoms with van der Waals surface area (Å²) < 4.78 is 34.8. The first-order valence-corrected chi connectivity index (χ1v) is 11.9. The monoisotopic (exact) mass is 516 g/mol. The van der Waals surface area contributed by atoms with E-state index in [1.54, 1.807) is 4.90 Å². The second kappa shape index (κ2) is 8.86. The number of oxime groups is 1. The summed E-state index contributed by atoms with van der Waals surface area (Å²) in [5, 5.41) is 17.3. The number of amides is 2. The molecule has 12 heteroatoms. The van der Waals surface area contributed by atoms with Gasteiger partial charge in [-0.25, -0.2) is 8.78 Å². The minimum Gasteiger partial charge on any atom is -0.503 e. The van der Waals surface area contributed by atoms with Gasteiger partial charge in [0, 0.05) is 30.9 Å². The molecule has 1 saturated heterocycles. The third-order valence-electron chi connectivity index (χ3n) is 7.53. The fraction of sp³-hybridized carbons (Fsp3) is 0.440. The third-order valence-corrected chi connectivity index (χ3v) is 7.53. The number of benzene rings is 1. The van der Waals surface area contributed by atoms with Gasteiger partial charge in [0.2, 0.25) is 11.3 Å². The van der Waals surface area contributed by atoms with E-state index < -0.39 is 58.4 Å². The molecule has 37 heavy (non-hydrogen) atoms.